The molecular weight excluding hydrogens is 186 g/mol. The van der Waals surface area contributed by atoms with Gasteiger partial charge in [0.15, 0.2) is 0 Å². The standard InChI is InChI=1S/C13H15NO/c1-14-8-5-10-11(3-2-4-12(10)14)13(9-15)6-7-13/h2-5,8,15H,6-7,9H2,1H3. The van der Waals surface area contributed by atoms with Crippen LogP contribution in [0.3, 0.4) is 0 Å². The van der Waals surface area contributed by atoms with Crippen molar-refractivity contribution in [2.75, 3.05) is 6.61 Å². The summed E-state index contributed by atoms with van der Waals surface area (Å²) in [7, 11) is 2.06. The van der Waals surface area contributed by atoms with Gasteiger partial charge in [0.05, 0.1) is 6.61 Å². The Labute approximate surface area is 89.1 Å². The predicted molar refractivity (Wildman–Crippen MR) is 60.9 cm³/mol. The van der Waals surface area contributed by atoms with Gasteiger partial charge in [-0.05, 0) is 30.5 Å². The van der Waals surface area contributed by atoms with Crippen molar-refractivity contribution in [2.45, 2.75) is 18.3 Å². The second kappa shape index (κ2) is 2.86. The van der Waals surface area contributed by atoms with Crippen LogP contribution < -0.4 is 0 Å². The Morgan fingerprint density at radius 2 is 2.13 bits per heavy atom. The Balaban J connectivity index is 2.27. The molecule has 0 radical (unpaired) electrons. The predicted octanol–water partition coefficient (Wildman–Crippen LogP) is 2.20. The van der Waals surface area contributed by atoms with Crippen LogP contribution in [-0.2, 0) is 12.5 Å². The van der Waals surface area contributed by atoms with Crippen molar-refractivity contribution in [3.05, 3.63) is 36.0 Å². The molecule has 0 aliphatic heterocycles. The Kier molecular flexibility index (Phi) is 1.71. The van der Waals surface area contributed by atoms with E-state index in [0.717, 1.165) is 12.8 Å². The molecule has 1 aliphatic rings. The molecule has 1 saturated carbocycles. The monoisotopic (exact) mass is 201 g/mol. The summed E-state index contributed by atoms with van der Waals surface area (Å²) in [5.41, 5.74) is 2.65. The van der Waals surface area contributed by atoms with E-state index in [9.17, 15) is 5.11 Å². The third-order valence-corrected chi connectivity index (χ3v) is 3.66. The Bertz CT molecular complexity index is 508. The Hall–Kier alpha value is -1.28. The molecule has 0 bridgehead atoms. The lowest BCUT2D eigenvalue weighted by atomic mass is 9.94. The zero-order valence-electron chi connectivity index (χ0n) is 8.90. The second-order valence-electron chi connectivity index (χ2n) is 4.60. The third kappa shape index (κ3) is 1.15. The fourth-order valence-corrected chi connectivity index (χ4v) is 2.43. The van der Waals surface area contributed by atoms with Gasteiger partial charge in [0.25, 0.3) is 0 Å². The van der Waals surface area contributed by atoms with Crippen LogP contribution in [0.2, 0.25) is 0 Å². The molecule has 2 heteroatoms. The van der Waals surface area contributed by atoms with Crippen LogP contribution in [0.4, 0.5) is 0 Å². The molecule has 0 spiro atoms. The fraction of sp³-hybridized carbons (Fsp3) is 0.385. The van der Waals surface area contributed by atoms with Crippen LogP contribution >= 0.6 is 0 Å². The van der Waals surface area contributed by atoms with Crippen molar-refractivity contribution in [3.63, 3.8) is 0 Å². The molecule has 78 valence electrons. The zero-order chi connectivity index (χ0) is 10.5. The normalized spacial score (nSPS) is 18.3. The first-order chi connectivity index (χ1) is 7.27. The highest BCUT2D eigenvalue weighted by Gasteiger charge is 2.44. The number of nitrogens with zero attached hydrogens (tertiary/aromatic N) is 1. The number of aliphatic hydroxyl groups is 1. The lowest BCUT2D eigenvalue weighted by Crippen LogP contribution is -2.11. The number of benzene rings is 1. The summed E-state index contributed by atoms with van der Waals surface area (Å²) in [6.07, 6.45) is 4.33. The van der Waals surface area contributed by atoms with Crippen molar-refractivity contribution in [2.24, 2.45) is 7.05 Å². The molecular formula is C13H15NO. The van der Waals surface area contributed by atoms with E-state index in [1.165, 1.54) is 16.5 Å². The molecule has 2 aromatic rings. The number of aromatic nitrogens is 1. The fourth-order valence-electron chi connectivity index (χ4n) is 2.43. The summed E-state index contributed by atoms with van der Waals surface area (Å²) in [4.78, 5) is 0. The van der Waals surface area contributed by atoms with Crippen molar-refractivity contribution >= 4 is 10.9 Å². The maximum absolute atomic E-state index is 9.47. The molecule has 1 aromatic heterocycles. The summed E-state index contributed by atoms with van der Waals surface area (Å²) in [6, 6.07) is 8.53. The van der Waals surface area contributed by atoms with Gasteiger partial charge in [0.2, 0.25) is 0 Å². The Morgan fingerprint density at radius 3 is 2.80 bits per heavy atom. The summed E-state index contributed by atoms with van der Waals surface area (Å²) < 4.78 is 2.13. The number of rotatable bonds is 2. The van der Waals surface area contributed by atoms with Gasteiger partial charge in [-0.3, -0.25) is 0 Å². The smallest absolute Gasteiger partial charge is 0.0528 e. The molecule has 1 fully saturated rings. The first-order valence-electron chi connectivity index (χ1n) is 5.42. The average molecular weight is 201 g/mol. The van der Waals surface area contributed by atoms with Crippen LogP contribution in [0.15, 0.2) is 30.5 Å². The van der Waals surface area contributed by atoms with Crippen LogP contribution in [0, 0.1) is 0 Å². The van der Waals surface area contributed by atoms with E-state index in [2.05, 4.69) is 42.1 Å². The minimum absolute atomic E-state index is 0.0703. The number of fused-ring (bicyclic) bond motifs is 1. The van der Waals surface area contributed by atoms with E-state index in [0.29, 0.717) is 0 Å². The Morgan fingerprint density at radius 1 is 1.33 bits per heavy atom. The van der Waals surface area contributed by atoms with Crippen LogP contribution in [-0.4, -0.2) is 16.3 Å². The van der Waals surface area contributed by atoms with Crippen LogP contribution in [0.1, 0.15) is 18.4 Å². The minimum atomic E-state index is 0.0703. The van der Waals surface area contributed by atoms with E-state index < -0.39 is 0 Å². The van der Waals surface area contributed by atoms with E-state index in [-0.39, 0.29) is 12.0 Å². The molecule has 1 heterocycles. The average Bonchev–Trinajstić information content (AvgIpc) is 2.98. The van der Waals surface area contributed by atoms with E-state index in [4.69, 9.17) is 0 Å². The van der Waals surface area contributed by atoms with Crippen molar-refractivity contribution in [1.29, 1.82) is 0 Å². The molecule has 0 atom stereocenters. The first-order valence-corrected chi connectivity index (χ1v) is 5.42. The van der Waals surface area contributed by atoms with Gasteiger partial charge in [0, 0.05) is 29.6 Å². The molecule has 1 aliphatic carbocycles. The third-order valence-electron chi connectivity index (χ3n) is 3.66. The largest absolute Gasteiger partial charge is 0.395 e. The van der Waals surface area contributed by atoms with Gasteiger partial charge < -0.3 is 9.67 Å². The summed E-state index contributed by atoms with van der Waals surface area (Å²) in [5, 5.41) is 10.8. The van der Waals surface area contributed by atoms with Gasteiger partial charge in [-0.25, -0.2) is 0 Å². The molecule has 15 heavy (non-hydrogen) atoms. The maximum Gasteiger partial charge on any atom is 0.0528 e. The minimum Gasteiger partial charge on any atom is -0.395 e. The van der Waals surface area contributed by atoms with Gasteiger partial charge in [0.1, 0.15) is 0 Å². The van der Waals surface area contributed by atoms with E-state index in [1.54, 1.807) is 0 Å². The van der Waals surface area contributed by atoms with Crippen LogP contribution in [0.25, 0.3) is 10.9 Å². The SMILES string of the molecule is Cn1ccc2c(C3(CO)CC3)cccc21. The molecule has 1 N–H and O–H groups in total. The molecule has 0 unspecified atom stereocenters. The first kappa shape index (κ1) is 8.98. The zero-order valence-corrected chi connectivity index (χ0v) is 8.90. The lowest BCUT2D eigenvalue weighted by molar-refractivity contribution is 0.256. The van der Waals surface area contributed by atoms with E-state index in [1.807, 2.05) is 0 Å². The highest BCUT2D eigenvalue weighted by molar-refractivity contribution is 5.85. The highest BCUT2D eigenvalue weighted by Crippen LogP contribution is 2.49. The number of aliphatic hydroxyl groups excluding tert-OH is 1. The van der Waals surface area contributed by atoms with Crippen molar-refractivity contribution in [3.8, 4) is 0 Å². The quantitative estimate of drug-likeness (QED) is 0.791. The number of hydrogen-bond acceptors (Lipinski definition) is 1. The number of hydrogen-bond donors (Lipinski definition) is 1. The summed E-state index contributed by atoms with van der Waals surface area (Å²) in [6.45, 7) is 0.279. The van der Waals surface area contributed by atoms with Gasteiger partial charge >= 0.3 is 0 Å². The van der Waals surface area contributed by atoms with Crippen molar-refractivity contribution in [1.82, 2.24) is 4.57 Å². The van der Waals surface area contributed by atoms with Gasteiger partial charge in [-0.15, -0.1) is 0 Å². The maximum atomic E-state index is 9.47. The van der Waals surface area contributed by atoms with E-state index >= 15 is 0 Å². The highest BCUT2D eigenvalue weighted by atomic mass is 16.3. The van der Waals surface area contributed by atoms with Crippen molar-refractivity contribution < 1.29 is 5.11 Å². The molecule has 3 rings (SSSR count). The molecule has 1 aromatic carbocycles. The lowest BCUT2D eigenvalue weighted by Gasteiger charge is -2.13. The summed E-state index contributed by atoms with van der Waals surface area (Å²) in [5.74, 6) is 0. The van der Waals surface area contributed by atoms with Gasteiger partial charge in [-0.1, -0.05) is 12.1 Å². The number of aryl methyl sites for hydroxylation is 1. The summed E-state index contributed by atoms with van der Waals surface area (Å²) >= 11 is 0. The topological polar surface area (TPSA) is 25.2 Å². The molecule has 0 saturated heterocycles. The molecule has 0 amide bonds. The molecule has 2 nitrogen and oxygen atoms in total. The van der Waals surface area contributed by atoms with Gasteiger partial charge in [-0.2, -0.15) is 0 Å². The van der Waals surface area contributed by atoms with Crippen LogP contribution in [0.5, 0.6) is 0 Å². The second-order valence-corrected chi connectivity index (χ2v) is 4.60.